The maximum Gasteiger partial charge on any atom is 0.244 e. The van der Waals surface area contributed by atoms with Gasteiger partial charge in [0.2, 0.25) is 28.6 Å². The summed E-state index contributed by atoms with van der Waals surface area (Å²) in [5.74, 6) is 0.311. The molecule has 41 heavy (non-hydrogen) atoms. The topological polar surface area (TPSA) is 105 Å². The van der Waals surface area contributed by atoms with Crippen LogP contribution in [0.1, 0.15) is 30.5 Å². The number of hydrogen-bond donors (Lipinski definition) is 1. The van der Waals surface area contributed by atoms with Gasteiger partial charge in [0.15, 0.2) is 11.5 Å². The van der Waals surface area contributed by atoms with E-state index >= 15 is 0 Å². The van der Waals surface area contributed by atoms with Crippen molar-refractivity contribution in [2.24, 2.45) is 5.92 Å². The van der Waals surface area contributed by atoms with Gasteiger partial charge >= 0.3 is 0 Å². The van der Waals surface area contributed by atoms with Gasteiger partial charge in [-0.15, -0.1) is 0 Å². The fraction of sp³-hybridized carbons (Fsp3) is 0.355. The molecule has 2 amide bonds. The first-order valence-electron chi connectivity index (χ1n) is 13.6. The molecule has 1 aliphatic heterocycles. The van der Waals surface area contributed by atoms with E-state index in [9.17, 15) is 18.0 Å². The summed E-state index contributed by atoms with van der Waals surface area (Å²) < 4.78 is 37.8. The van der Waals surface area contributed by atoms with Gasteiger partial charge in [-0.25, -0.2) is 8.42 Å². The third kappa shape index (κ3) is 8.00. The van der Waals surface area contributed by atoms with Gasteiger partial charge in [0.25, 0.3) is 0 Å². The van der Waals surface area contributed by atoms with E-state index in [1.807, 2.05) is 75.4 Å². The largest absolute Gasteiger partial charge is 0.454 e. The smallest absolute Gasteiger partial charge is 0.244 e. The van der Waals surface area contributed by atoms with Crippen LogP contribution >= 0.6 is 0 Å². The van der Waals surface area contributed by atoms with Crippen LogP contribution in [0.4, 0.5) is 5.69 Å². The molecule has 1 N–H and O–H groups in total. The molecule has 218 valence electrons. The van der Waals surface area contributed by atoms with Crippen LogP contribution in [0.5, 0.6) is 11.5 Å². The number of hydrogen-bond acceptors (Lipinski definition) is 6. The average molecular weight is 580 g/mol. The third-order valence-corrected chi connectivity index (χ3v) is 7.85. The number of carbonyl (C=O) groups excluding carboxylic acids is 2. The lowest BCUT2D eigenvalue weighted by atomic mass is 10.0. The molecule has 0 radical (unpaired) electrons. The van der Waals surface area contributed by atoms with Crippen LogP contribution in [0.25, 0.3) is 0 Å². The molecule has 3 aromatic rings. The summed E-state index contributed by atoms with van der Waals surface area (Å²) in [5, 5.41) is 2.98. The highest BCUT2D eigenvalue weighted by molar-refractivity contribution is 7.92. The molecule has 1 unspecified atom stereocenters. The standard InChI is InChI=1S/C31H37N3O6S/c1-22(2)18-32-31(36)27(16-24-10-6-5-7-11-24)33(19-25-12-8-9-23(3)15-25)30(35)20-34(41(4,37)38)26-13-14-28-29(17-26)40-21-39-28/h5-15,17,22,27H,16,18-21H2,1-4H3,(H,32,36). The summed E-state index contributed by atoms with van der Waals surface area (Å²) in [4.78, 5) is 29.3. The van der Waals surface area contributed by atoms with Gasteiger partial charge in [-0.2, -0.15) is 0 Å². The third-order valence-electron chi connectivity index (χ3n) is 6.71. The van der Waals surface area contributed by atoms with Gasteiger partial charge in [0, 0.05) is 25.6 Å². The molecule has 3 aromatic carbocycles. The van der Waals surface area contributed by atoms with Crippen LogP contribution in [-0.4, -0.2) is 57.3 Å². The molecular formula is C31H37N3O6S. The van der Waals surface area contributed by atoms with Crippen LogP contribution < -0.4 is 19.1 Å². The summed E-state index contributed by atoms with van der Waals surface area (Å²) >= 11 is 0. The summed E-state index contributed by atoms with van der Waals surface area (Å²) in [6.07, 6.45) is 1.32. The normalized spacial score (nSPS) is 13.1. The van der Waals surface area contributed by atoms with Gasteiger partial charge in [0.1, 0.15) is 12.6 Å². The van der Waals surface area contributed by atoms with E-state index in [0.29, 0.717) is 18.0 Å². The zero-order chi connectivity index (χ0) is 29.6. The molecule has 0 bridgehead atoms. The zero-order valence-corrected chi connectivity index (χ0v) is 24.7. The van der Waals surface area contributed by atoms with Gasteiger partial charge in [-0.1, -0.05) is 74.0 Å². The van der Waals surface area contributed by atoms with Crippen molar-refractivity contribution in [3.63, 3.8) is 0 Å². The van der Waals surface area contributed by atoms with Gasteiger partial charge < -0.3 is 19.7 Å². The van der Waals surface area contributed by atoms with Crippen LogP contribution in [0, 0.1) is 12.8 Å². The van der Waals surface area contributed by atoms with Crippen molar-refractivity contribution in [3.05, 3.63) is 89.5 Å². The Morgan fingerprint density at radius 3 is 2.32 bits per heavy atom. The highest BCUT2D eigenvalue weighted by Crippen LogP contribution is 2.36. The average Bonchev–Trinajstić information content (AvgIpc) is 3.40. The number of fused-ring (bicyclic) bond motifs is 1. The molecule has 0 aliphatic carbocycles. The van der Waals surface area contributed by atoms with Crippen molar-refractivity contribution in [2.75, 3.05) is 30.4 Å². The number of ether oxygens (including phenoxy) is 2. The Balaban J connectivity index is 1.72. The Labute approximate surface area is 242 Å². The molecule has 0 spiro atoms. The second kappa shape index (κ2) is 13.1. The summed E-state index contributed by atoms with van der Waals surface area (Å²) in [7, 11) is -3.88. The summed E-state index contributed by atoms with van der Waals surface area (Å²) in [6.45, 7) is 6.07. The van der Waals surface area contributed by atoms with E-state index in [2.05, 4.69) is 5.32 Å². The Hall–Kier alpha value is -4.05. The number of rotatable bonds is 12. The maximum absolute atomic E-state index is 14.2. The van der Waals surface area contributed by atoms with E-state index in [0.717, 1.165) is 27.3 Å². The number of carbonyl (C=O) groups is 2. The molecule has 10 heteroatoms. The maximum atomic E-state index is 14.2. The lowest BCUT2D eigenvalue weighted by molar-refractivity contribution is -0.140. The predicted octanol–water partition coefficient (Wildman–Crippen LogP) is 3.90. The monoisotopic (exact) mass is 579 g/mol. The minimum Gasteiger partial charge on any atom is -0.454 e. The fourth-order valence-electron chi connectivity index (χ4n) is 4.64. The van der Waals surface area contributed by atoms with Crippen LogP contribution in [0.3, 0.4) is 0 Å². The first-order chi connectivity index (χ1) is 19.5. The number of sulfonamides is 1. The number of nitrogens with zero attached hydrogens (tertiary/aromatic N) is 2. The molecule has 9 nitrogen and oxygen atoms in total. The number of anilines is 1. The van der Waals surface area contributed by atoms with Crippen LogP contribution in [-0.2, 0) is 32.6 Å². The van der Waals surface area contributed by atoms with Crippen LogP contribution in [0.15, 0.2) is 72.8 Å². The van der Waals surface area contributed by atoms with Gasteiger partial charge in [0.05, 0.1) is 11.9 Å². The molecule has 0 saturated carbocycles. The van der Waals surface area contributed by atoms with Crippen molar-refractivity contribution in [1.29, 1.82) is 0 Å². The summed E-state index contributed by atoms with van der Waals surface area (Å²) in [5.41, 5.74) is 3.00. The van der Waals surface area contributed by atoms with E-state index in [-0.39, 0.29) is 37.3 Å². The lowest BCUT2D eigenvalue weighted by Gasteiger charge is -2.33. The molecular weight excluding hydrogens is 542 g/mol. The number of amides is 2. The van der Waals surface area contributed by atoms with E-state index in [4.69, 9.17) is 9.47 Å². The van der Waals surface area contributed by atoms with Crippen molar-refractivity contribution < 1.29 is 27.5 Å². The summed E-state index contributed by atoms with van der Waals surface area (Å²) in [6, 6.07) is 21.0. The lowest BCUT2D eigenvalue weighted by Crippen LogP contribution is -2.53. The molecule has 1 atom stereocenters. The highest BCUT2D eigenvalue weighted by atomic mass is 32.2. The number of aryl methyl sites for hydroxylation is 1. The SMILES string of the molecule is Cc1cccc(CN(C(=O)CN(c2ccc3c(c2)OCO3)S(C)(=O)=O)C(Cc2ccccc2)C(=O)NCC(C)C)c1. The molecule has 0 fully saturated rings. The molecule has 0 saturated heterocycles. The number of benzene rings is 3. The van der Waals surface area contributed by atoms with E-state index < -0.39 is 28.5 Å². The van der Waals surface area contributed by atoms with Gasteiger partial charge in [-0.05, 0) is 36.1 Å². The number of nitrogens with one attached hydrogen (secondary N) is 1. The van der Waals surface area contributed by atoms with E-state index in [1.54, 1.807) is 18.2 Å². The molecule has 4 rings (SSSR count). The van der Waals surface area contributed by atoms with Crippen molar-refractivity contribution in [1.82, 2.24) is 10.2 Å². The minimum absolute atomic E-state index is 0.0352. The van der Waals surface area contributed by atoms with Crippen LogP contribution in [0.2, 0.25) is 0 Å². The highest BCUT2D eigenvalue weighted by Gasteiger charge is 2.33. The molecule has 1 heterocycles. The second-order valence-corrected chi connectivity index (χ2v) is 12.6. The second-order valence-electron chi connectivity index (χ2n) is 10.7. The van der Waals surface area contributed by atoms with Crippen molar-refractivity contribution in [2.45, 2.75) is 39.8 Å². The molecule has 1 aliphatic rings. The van der Waals surface area contributed by atoms with Gasteiger partial charge in [-0.3, -0.25) is 13.9 Å². The Bertz CT molecular complexity index is 1480. The Morgan fingerprint density at radius 2 is 1.63 bits per heavy atom. The van der Waals surface area contributed by atoms with Crippen molar-refractivity contribution >= 4 is 27.5 Å². The fourth-order valence-corrected chi connectivity index (χ4v) is 5.48. The Kier molecular flexibility index (Phi) is 9.54. The first kappa shape index (κ1) is 29.9. The van der Waals surface area contributed by atoms with Crippen molar-refractivity contribution in [3.8, 4) is 11.5 Å². The predicted molar refractivity (Wildman–Crippen MR) is 158 cm³/mol. The quantitative estimate of drug-likeness (QED) is 0.349. The molecule has 0 aromatic heterocycles. The minimum atomic E-state index is -3.88. The zero-order valence-electron chi connectivity index (χ0n) is 23.9. The first-order valence-corrected chi connectivity index (χ1v) is 15.4. The Morgan fingerprint density at radius 1 is 0.927 bits per heavy atom. The van der Waals surface area contributed by atoms with E-state index in [1.165, 1.54) is 4.90 Å².